The van der Waals surface area contributed by atoms with Gasteiger partial charge in [-0.05, 0) is 5.56 Å². The second-order valence-corrected chi connectivity index (χ2v) is 4.06. The van der Waals surface area contributed by atoms with Gasteiger partial charge in [0.05, 0.1) is 0 Å². The van der Waals surface area contributed by atoms with E-state index in [0.29, 0.717) is 0 Å². The van der Waals surface area contributed by atoms with Gasteiger partial charge in [-0.3, -0.25) is 4.79 Å². The molecule has 21 heavy (non-hydrogen) atoms. The predicted octanol–water partition coefficient (Wildman–Crippen LogP) is 2.99. The van der Waals surface area contributed by atoms with Crippen LogP contribution in [0.25, 0.3) is 0 Å². The molecule has 0 fully saturated rings. The van der Waals surface area contributed by atoms with Gasteiger partial charge in [-0.25, -0.2) is 0 Å². The second-order valence-electron chi connectivity index (χ2n) is 4.06. The first kappa shape index (κ1) is 17.3. The Kier molecular flexibility index (Phi) is 5.59. The molecule has 3 nitrogen and oxygen atoms in total. The number of ether oxygens (including phenoxy) is 1. The van der Waals surface area contributed by atoms with Gasteiger partial charge in [0.2, 0.25) is 5.91 Å². The molecule has 0 saturated carbocycles. The minimum Gasteiger partial charge on any atom is -0.362 e. The summed E-state index contributed by atoms with van der Waals surface area (Å²) in [6, 6.07) is 4.18. The molecular formula is C12H11F6NO2. The molecule has 1 amide bonds. The summed E-state index contributed by atoms with van der Waals surface area (Å²) in [7, 11) is 0. The molecule has 1 rings (SSSR count). The molecule has 0 radical (unpaired) electrons. The Morgan fingerprint density at radius 3 is 2.14 bits per heavy atom. The van der Waals surface area contributed by atoms with Crippen LogP contribution in [-0.4, -0.2) is 31.5 Å². The minimum atomic E-state index is -4.78. The highest BCUT2D eigenvalue weighted by Crippen LogP contribution is 2.32. The van der Waals surface area contributed by atoms with Gasteiger partial charge in [0.15, 0.2) is 6.04 Å². The SMILES string of the molecule is O=C(COCC(F)(F)F)NC(c1ccccc1)C(F)(F)F. The molecule has 0 saturated heterocycles. The summed E-state index contributed by atoms with van der Waals surface area (Å²) in [5, 5.41) is 1.60. The fourth-order valence-corrected chi connectivity index (χ4v) is 1.46. The van der Waals surface area contributed by atoms with Crippen molar-refractivity contribution >= 4 is 5.91 Å². The van der Waals surface area contributed by atoms with Crippen molar-refractivity contribution in [2.75, 3.05) is 13.2 Å². The first-order valence-corrected chi connectivity index (χ1v) is 5.65. The van der Waals surface area contributed by atoms with Crippen LogP contribution in [-0.2, 0) is 9.53 Å². The average molecular weight is 315 g/mol. The summed E-state index contributed by atoms with van der Waals surface area (Å²) in [6.45, 7) is -2.82. The molecule has 0 aromatic heterocycles. The third-order valence-electron chi connectivity index (χ3n) is 2.26. The Bertz CT molecular complexity index is 457. The van der Waals surface area contributed by atoms with E-state index in [1.54, 1.807) is 5.32 Å². The van der Waals surface area contributed by atoms with E-state index >= 15 is 0 Å². The molecule has 0 heterocycles. The number of nitrogens with one attached hydrogen (secondary N) is 1. The van der Waals surface area contributed by atoms with E-state index in [0.717, 1.165) is 12.1 Å². The maximum absolute atomic E-state index is 12.8. The molecule has 1 aromatic rings. The molecule has 1 aromatic carbocycles. The summed E-state index contributed by atoms with van der Waals surface area (Å²) in [4.78, 5) is 11.3. The quantitative estimate of drug-likeness (QED) is 0.848. The summed E-state index contributed by atoms with van der Waals surface area (Å²) in [5.74, 6) is -1.29. The molecule has 0 aliphatic heterocycles. The van der Waals surface area contributed by atoms with Crippen LogP contribution in [0, 0.1) is 0 Å². The standard InChI is InChI=1S/C12H11F6NO2/c13-11(14,15)7-21-6-9(20)19-10(12(16,17)18)8-4-2-1-3-5-8/h1-5,10H,6-7H2,(H,19,20). The van der Waals surface area contributed by atoms with Crippen molar-refractivity contribution < 1.29 is 35.9 Å². The number of hydrogen-bond acceptors (Lipinski definition) is 2. The van der Waals surface area contributed by atoms with Crippen molar-refractivity contribution in [3.63, 3.8) is 0 Å². The summed E-state index contributed by atoms with van der Waals surface area (Å²) in [6.07, 6.45) is -9.43. The Balaban J connectivity index is 2.64. The molecule has 1 N–H and O–H groups in total. The van der Waals surface area contributed by atoms with Crippen LogP contribution >= 0.6 is 0 Å². The topological polar surface area (TPSA) is 38.3 Å². The number of benzene rings is 1. The van der Waals surface area contributed by atoms with E-state index in [2.05, 4.69) is 4.74 Å². The molecule has 0 aliphatic rings. The number of carbonyl (C=O) groups is 1. The highest BCUT2D eigenvalue weighted by Gasteiger charge is 2.41. The van der Waals surface area contributed by atoms with E-state index in [-0.39, 0.29) is 5.56 Å². The number of hydrogen-bond donors (Lipinski definition) is 1. The Labute approximate surface area is 115 Å². The molecule has 0 aliphatic carbocycles. The van der Waals surface area contributed by atoms with Gasteiger partial charge in [-0.15, -0.1) is 0 Å². The monoisotopic (exact) mass is 315 g/mol. The summed E-state index contributed by atoms with van der Waals surface area (Å²) in [5.41, 5.74) is -0.228. The highest BCUT2D eigenvalue weighted by atomic mass is 19.4. The first-order valence-electron chi connectivity index (χ1n) is 5.65. The van der Waals surface area contributed by atoms with E-state index < -0.39 is 37.5 Å². The van der Waals surface area contributed by atoms with Crippen LogP contribution < -0.4 is 5.32 Å². The highest BCUT2D eigenvalue weighted by molar-refractivity contribution is 5.77. The number of carbonyl (C=O) groups excluding carboxylic acids is 1. The fraction of sp³-hybridized carbons (Fsp3) is 0.417. The van der Waals surface area contributed by atoms with Gasteiger partial charge in [-0.1, -0.05) is 30.3 Å². The number of halogens is 6. The van der Waals surface area contributed by atoms with Gasteiger partial charge in [0.25, 0.3) is 0 Å². The average Bonchev–Trinajstić information content (AvgIpc) is 2.34. The molecule has 0 spiro atoms. The number of alkyl halides is 6. The van der Waals surface area contributed by atoms with Crippen molar-refractivity contribution in [2.24, 2.45) is 0 Å². The van der Waals surface area contributed by atoms with Crippen molar-refractivity contribution in [1.82, 2.24) is 5.32 Å². The number of rotatable bonds is 5. The van der Waals surface area contributed by atoms with Crippen LogP contribution in [0.5, 0.6) is 0 Å². The zero-order chi connectivity index (χ0) is 16.1. The third kappa shape index (κ3) is 6.48. The Morgan fingerprint density at radius 1 is 1.10 bits per heavy atom. The lowest BCUT2D eigenvalue weighted by Crippen LogP contribution is -2.40. The summed E-state index contributed by atoms with van der Waals surface area (Å²) < 4.78 is 77.9. The van der Waals surface area contributed by atoms with Crippen molar-refractivity contribution in [3.8, 4) is 0 Å². The maximum Gasteiger partial charge on any atom is 0.412 e. The molecule has 0 bridgehead atoms. The largest absolute Gasteiger partial charge is 0.412 e. The van der Waals surface area contributed by atoms with Gasteiger partial charge >= 0.3 is 12.4 Å². The Hall–Kier alpha value is -1.77. The van der Waals surface area contributed by atoms with Gasteiger partial charge in [-0.2, -0.15) is 26.3 Å². The first-order chi connectivity index (χ1) is 9.59. The fourth-order valence-electron chi connectivity index (χ4n) is 1.46. The molecule has 1 atom stereocenters. The van der Waals surface area contributed by atoms with Crippen molar-refractivity contribution in [2.45, 2.75) is 18.4 Å². The van der Waals surface area contributed by atoms with Crippen molar-refractivity contribution in [1.29, 1.82) is 0 Å². The molecule has 1 unspecified atom stereocenters. The van der Waals surface area contributed by atoms with E-state index in [1.807, 2.05) is 0 Å². The second kappa shape index (κ2) is 6.79. The lowest BCUT2D eigenvalue weighted by Gasteiger charge is -2.22. The normalized spacial score (nSPS) is 13.8. The van der Waals surface area contributed by atoms with E-state index in [9.17, 15) is 31.1 Å². The van der Waals surface area contributed by atoms with E-state index in [1.165, 1.54) is 18.2 Å². The lowest BCUT2D eigenvalue weighted by atomic mass is 10.1. The Morgan fingerprint density at radius 2 is 1.67 bits per heavy atom. The van der Waals surface area contributed by atoms with Gasteiger partial charge < -0.3 is 10.1 Å². The van der Waals surface area contributed by atoms with Crippen LogP contribution in [0.15, 0.2) is 30.3 Å². The number of amides is 1. The summed E-state index contributed by atoms with van der Waals surface area (Å²) >= 11 is 0. The predicted molar refractivity (Wildman–Crippen MR) is 60.3 cm³/mol. The zero-order valence-corrected chi connectivity index (χ0v) is 10.5. The van der Waals surface area contributed by atoms with Crippen LogP contribution in [0.4, 0.5) is 26.3 Å². The molecule has 9 heteroatoms. The smallest absolute Gasteiger partial charge is 0.362 e. The van der Waals surface area contributed by atoms with Gasteiger partial charge in [0, 0.05) is 0 Å². The van der Waals surface area contributed by atoms with Gasteiger partial charge in [0.1, 0.15) is 13.2 Å². The molecule has 118 valence electrons. The van der Waals surface area contributed by atoms with Crippen molar-refractivity contribution in [3.05, 3.63) is 35.9 Å². The third-order valence-corrected chi connectivity index (χ3v) is 2.26. The maximum atomic E-state index is 12.8. The van der Waals surface area contributed by atoms with E-state index in [4.69, 9.17) is 0 Å². The van der Waals surface area contributed by atoms with Crippen LogP contribution in [0.3, 0.4) is 0 Å². The van der Waals surface area contributed by atoms with Crippen LogP contribution in [0.1, 0.15) is 11.6 Å². The molecular weight excluding hydrogens is 304 g/mol. The zero-order valence-electron chi connectivity index (χ0n) is 10.5. The van der Waals surface area contributed by atoms with Crippen LogP contribution in [0.2, 0.25) is 0 Å². The minimum absolute atomic E-state index is 0.228. The lowest BCUT2D eigenvalue weighted by molar-refractivity contribution is -0.180.